The van der Waals surface area contributed by atoms with E-state index in [9.17, 15) is 0 Å². The lowest BCUT2D eigenvalue weighted by molar-refractivity contribution is 0.372. The van der Waals surface area contributed by atoms with Gasteiger partial charge in [0.05, 0.1) is 7.11 Å². The van der Waals surface area contributed by atoms with Gasteiger partial charge in [0.15, 0.2) is 0 Å². The quantitative estimate of drug-likeness (QED) is 0.871. The van der Waals surface area contributed by atoms with Crippen LogP contribution in [0.15, 0.2) is 36.4 Å². The van der Waals surface area contributed by atoms with Crippen molar-refractivity contribution in [2.45, 2.75) is 45.2 Å². The third-order valence-electron chi connectivity index (χ3n) is 4.93. The Kier molecular flexibility index (Phi) is 4.45. The summed E-state index contributed by atoms with van der Waals surface area (Å²) in [4.78, 5) is 0. The minimum absolute atomic E-state index is 0.580. The van der Waals surface area contributed by atoms with Crippen LogP contribution >= 0.6 is 0 Å². The van der Waals surface area contributed by atoms with Crippen molar-refractivity contribution in [2.75, 3.05) is 7.11 Å². The molecule has 1 aliphatic rings. The number of benzene rings is 2. The zero-order valence-corrected chi connectivity index (χ0v) is 13.1. The Morgan fingerprint density at radius 2 is 1.90 bits per heavy atom. The van der Waals surface area contributed by atoms with E-state index in [4.69, 9.17) is 4.74 Å². The average molecular weight is 283 g/mol. The summed E-state index contributed by atoms with van der Waals surface area (Å²) in [6, 6.07) is 13.3. The van der Waals surface area contributed by atoms with Gasteiger partial charge < -0.3 is 10.1 Å². The van der Waals surface area contributed by atoms with E-state index in [1.165, 1.54) is 42.0 Å². The van der Waals surface area contributed by atoms with Crippen molar-refractivity contribution in [3.8, 4) is 5.75 Å². The molecule has 0 spiro atoms. The van der Waals surface area contributed by atoms with E-state index < -0.39 is 0 Å². The second kappa shape index (κ2) is 6.48. The Labute approximate surface area is 127 Å². The van der Waals surface area contributed by atoms with E-state index in [1.54, 1.807) is 7.11 Å². The van der Waals surface area contributed by atoms with Gasteiger partial charge in [-0.05, 0) is 42.5 Å². The van der Waals surface area contributed by atoms with E-state index in [0.717, 1.165) is 18.2 Å². The van der Waals surface area contributed by atoms with Gasteiger partial charge in [0.1, 0.15) is 5.75 Å². The van der Waals surface area contributed by atoms with Crippen molar-refractivity contribution in [1.82, 2.24) is 5.32 Å². The second-order valence-corrected chi connectivity index (χ2v) is 6.18. The highest BCUT2D eigenvalue weighted by Crippen LogP contribution is 2.30. The molecule has 0 heterocycles. The minimum Gasteiger partial charge on any atom is -0.496 e. The number of fused-ring (bicyclic) bond motifs is 1. The molecular weight excluding hydrogens is 258 g/mol. The van der Waals surface area contributed by atoms with E-state index in [2.05, 4.69) is 48.6 Å². The summed E-state index contributed by atoms with van der Waals surface area (Å²) in [5.74, 6) is 1.82. The molecule has 2 aromatic carbocycles. The molecule has 1 atom stereocenters. The maximum Gasteiger partial charge on any atom is 0.123 e. The fraction of sp³-hybridized carbons (Fsp3) is 0.474. The van der Waals surface area contributed by atoms with E-state index in [1.807, 2.05) is 0 Å². The number of hydrogen-bond donors (Lipinski definition) is 1. The Balaban J connectivity index is 1.81. The topological polar surface area (TPSA) is 21.3 Å². The fourth-order valence-corrected chi connectivity index (χ4v) is 3.58. The van der Waals surface area contributed by atoms with Crippen molar-refractivity contribution >= 4 is 10.8 Å². The molecule has 2 heteroatoms. The molecule has 0 saturated heterocycles. The standard InChI is InChI=1S/C19H25NO/c1-14(15-7-3-4-8-15)20-13-18-17-10-6-5-9-16(17)11-12-19(18)21-2/h5-6,9-12,14-15,20H,3-4,7-8,13H2,1-2H3/t14-/m0/s1. The van der Waals surface area contributed by atoms with Crippen LogP contribution in [-0.4, -0.2) is 13.2 Å². The maximum atomic E-state index is 5.57. The molecule has 21 heavy (non-hydrogen) atoms. The van der Waals surface area contributed by atoms with Crippen LogP contribution in [0.2, 0.25) is 0 Å². The summed E-state index contributed by atoms with van der Waals surface area (Å²) in [5, 5.41) is 6.30. The Morgan fingerprint density at radius 3 is 2.67 bits per heavy atom. The van der Waals surface area contributed by atoms with Crippen molar-refractivity contribution in [3.63, 3.8) is 0 Å². The van der Waals surface area contributed by atoms with Gasteiger partial charge in [0.25, 0.3) is 0 Å². The molecule has 0 bridgehead atoms. The molecule has 112 valence electrons. The highest BCUT2D eigenvalue weighted by molar-refractivity contribution is 5.87. The van der Waals surface area contributed by atoms with Crippen molar-refractivity contribution in [3.05, 3.63) is 42.0 Å². The van der Waals surface area contributed by atoms with Crippen molar-refractivity contribution in [2.24, 2.45) is 5.92 Å². The summed E-state index contributed by atoms with van der Waals surface area (Å²) in [6.45, 7) is 3.20. The van der Waals surface area contributed by atoms with Gasteiger partial charge in [0.2, 0.25) is 0 Å². The Hall–Kier alpha value is -1.54. The number of hydrogen-bond acceptors (Lipinski definition) is 2. The zero-order chi connectivity index (χ0) is 14.7. The molecule has 3 rings (SSSR count). The van der Waals surface area contributed by atoms with Gasteiger partial charge >= 0.3 is 0 Å². The first-order chi connectivity index (χ1) is 10.3. The molecule has 2 aromatic rings. The normalized spacial score (nSPS) is 17.2. The van der Waals surface area contributed by atoms with E-state index >= 15 is 0 Å². The predicted molar refractivity (Wildman–Crippen MR) is 88.8 cm³/mol. The van der Waals surface area contributed by atoms with Gasteiger partial charge in [-0.2, -0.15) is 0 Å². The summed E-state index contributed by atoms with van der Waals surface area (Å²) in [7, 11) is 1.76. The molecule has 1 fully saturated rings. The Bertz CT molecular complexity index is 602. The van der Waals surface area contributed by atoms with Gasteiger partial charge in [-0.1, -0.05) is 43.2 Å². The third-order valence-corrected chi connectivity index (χ3v) is 4.93. The molecule has 1 aliphatic carbocycles. The number of rotatable bonds is 5. The van der Waals surface area contributed by atoms with Crippen LogP contribution in [0.4, 0.5) is 0 Å². The fourth-order valence-electron chi connectivity index (χ4n) is 3.58. The van der Waals surface area contributed by atoms with Crippen molar-refractivity contribution < 1.29 is 4.74 Å². The first-order valence-corrected chi connectivity index (χ1v) is 8.07. The molecule has 0 radical (unpaired) electrons. The van der Waals surface area contributed by atoms with Gasteiger partial charge in [0, 0.05) is 18.2 Å². The summed E-state index contributed by atoms with van der Waals surface area (Å²) in [6.07, 6.45) is 5.55. The van der Waals surface area contributed by atoms with Gasteiger partial charge in [-0.25, -0.2) is 0 Å². The van der Waals surface area contributed by atoms with Gasteiger partial charge in [-0.15, -0.1) is 0 Å². The summed E-state index contributed by atoms with van der Waals surface area (Å²) >= 11 is 0. The molecule has 1 saturated carbocycles. The number of methoxy groups -OCH3 is 1. The average Bonchev–Trinajstić information content (AvgIpc) is 3.06. The van der Waals surface area contributed by atoms with Crippen LogP contribution in [0.25, 0.3) is 10.8 Å². The molecule has 0 aliphatic heterocycles. The molecular formula is C19H25NO. The number of nitrogens with one attached hydrogen (secondary N) is 1. The molecule has 2 nitrogen and oxygen atoms in total. The van der Waals surface area contributed by atoms with E-state index in [-0.39, 0.29) is 0 Å². The highest BCUT2D eigenvalue weighted by Gasteiger charge is 2.21. The van der Waals surface area contributed by atoms with Crippen LogP contribution < -0.4 is 10.1 Å². The summed E-state index contributed by atoms with van der Waals surface area (Å²) in [5.41, 5.74) is 1.28. The smallest absolute Gasteiger partial charge is 0.123 e. The minimum atomic E-state index is 0.580. The monoisotopic (exact) mass is 283 g/mol. The highest BCUT2D eigenvalue weighted by atomic mass is 16.5. The SMILES string of the molecule is COc1ccc2ccccc2c1CN[C@@H](C)C1CCCC1. The molecule has 0 amide bonds. The lowest BCUT2D eigenvalue weighted by Crippen LogP contribution is -2.31. The van der Waals surface area contributed by atoms with Crippen molar-refractivity contribution in [1.29, 1.82) is 0 Å². The number of ether oxygens (including phenoxy) is 1. The Morgan fingerprint density at radius 1 is 1.14 bits per heavy atom. The van der Waals surface area contributed by atoms with E-state index in [0.29, 0.717) is 6.04 Å². The maximum absolute atomic E-state index is 5.57. The molecule has 1 N–H and O–H groups in total. The predicted octanol–water partition coefficient (Wildman–Crippen LogP) is 4.52. The van der Waals surface area contributed by atoms with Crippen LogP contribution in [0.3, 0.4) is 0 Å². The summed E-state index contributed by atoms with van der Waals surface area (Å²) < 4.78 is 5.57. The molecule has 0 aromatic heterocycles. The lowest BCUT2D eigenvalue weighted by atomic mass is 9.98. The second-order valence-electron chi connectivity index (χ2n) is 6.18. The first kappa shape index (κ1) is 14.4. The van der Waals surface area contributed by atoms with Crippen LogP contribution in [0.1, 0.15) is 38.2 Å². The van der Waals surface area contributed by atoms with Crippen LogP contribution in [0.5, 0.6) is 5.75 Å². The largest absolute Gasteiger partial charge is 0.496 e. The van der Waals surface area contributed by atoms with Crippen LogP contribution in [0, 0.1) is 5.92 Å². The lowest BCUT2D eigenvalue weighted by Gasteiger charge is -2.22. The molecule has 0 unspecified atom stereocenters. The first-order valence-electron chi connectivity index (χ1n) is 8.07. The third kappa shape index (κ3) is 3.06. The van der Waals surface area contributed by atoms with Gasteiger partial charge in [-0.3, -0.25) is 0 Å². The zero-order valence-electron chi connectivity index (χ0n) is 13.1. The van der Waals surface area contributed by atoms with Crippen LogP contribution in [-0.2, 0) is 6.54 Å².